The van der Waals surface area contributed by atoms with Crippen LogP contribution in [0.3, 0.4) is 0 Å². The molecule has 1 saturated carbocycles. The number of rotatable bonds is 7. The maximum absolute atomic E-state index is 13.4. The lowest BCUT2D eigenvalue weighted by Gasteiger charge is -2.37. The van der Waals surface area contributed by atoms with E-state index < -0.39 is 0 Å². The average Bonchev–Trinajstić information content (AvgIpc) is 3.47. The van der Waals surface area contributed by atoms with E-state index in [0.717, 1.165) is 30.6 Å². The van der Waals surface area contributed by atoms with E-state index in [2.05, 4.69) is 11.4 Å². The summed E-state index contributed by atoms with van der Waals surface area (Å²) in [5.41, 5.74) is 2.24. The van der Waals surface area contributed by atoms with Crippen LogP contribution in [0.1, 0.15) is 34.9 Å². The number of benzene rings is 1. The Morgan fingerprint density at radius 3 is 2.59 bits per heavy atom. The van der Waals surface area contributed by atoms with Crippen LogP contribution in [0, 0.1) is 0 Å². The van der Waals surface area contributed by atoms with E-state index >= 15 is 0 Å². The number of nitrogens with zero attached hydrogens (tertiary/aromatic N) is 2. The number of carbonyl (C=O) groups is 2. The summed E-state index contributed by atoms with van der Waals surface area (Å²) in [6, 6.07) is 10.0. The van der Waals surface area contributed by atoms with Gasteiger partial charge >= 0.3 is 0 Å². The molecule has 29 heavy (non-hydrogen) atoms. The molecule has 2 heterocycles. The Labute approximate surface area is 175 Å². The van der Waals surface area contributed by atoms with Gasteiger partial charge in [0.15, 0.2) is 0 Å². The highest BCUT2D eigenvalue weighted by atomic mass is 32.1. The van der Waals surface area contributed by atoms with Crippen LogP contribution < -0.4 is 4.74 Å². The van der Waals surface area contributed by atoms with Crippen LogP contribution >= 0.6 is 11.3 Å². The molecule has 1 fully saturated rings. The summed E-state index contributed by atoms with van der Waals surface area (Å²) in [6.07, 6.45) is 2.76. The van der Waals surface area contributed by atoms with Gasteiger partial charge in [-0.15, -0.1) is 11.3 Å². The van der Waals surface area contributed by atoms with Crippen molar-refractivity contribution in [2.45, 2.75) is 31.3 Å². The highest BCUT2D eigenvalue weighted by molar-refractivity contribution is 7.10. The van der Waals surface area contributed by atoms with E-state index in [0.29, 0.717) is 6.54 Å². The Balaban J connectivity index is 1.60. The topological polar surface area (TPSA) is 59.1 Å². The average molecular weight is 415 g/mol. The van der Waals surface area contributed by atoms with Crippen LogP contribution in [-0.2, 0) is 20.7 Å². The lowest BCUT2D eigenvalue weighted by atomic mass is 9.93. The van der Waals surface area contributed by atoms with E-state index in [-0.39, 0.29) is 37.0 Å². The predicted octanol–water partition coefficient (Wildman–Crippen LogP) is 2.87. The molecule has 0 N–H and O–H groups in total. The lowest BCUT2D eigenvalue weighted by Crippen LogP contribution is -2.48. The SMILES string of the molecule is COCC(=O)N(CC(=O)N1CCc2sccc2C1c1ccc(OC)cc1)C1CC1. The molecule has 2 aliphatic rings. The Morgan fingerprint density at radius 1 is 1.17 bits per heavy atom. The van der Waals surface area contributed by atoms with E-state index in [9.17, 15) is 9.59 Å². The van der Waals surface area contributed by atoms with E-state index in [1.54, 1.807) is 23.3 Å². The van der Waals surface area contributed by atoms with Gasteiger partial charge < -0.3 is 19.3 Å². The molecule has 1 atom stereocenters. The van der Waals surface area contributed by atoms with Gasteiger partial charge in [-0.05, 0) is 54.0 Å². The van der Waals surface area contributed by atoms with Crippen LogP contribution in [0.15, 0.2) is 35.7 Å². The summed E-state index contributed by atoms with van der Waals surface area (Å²) < 4.78 is 10.3. The highest BCUT2D eigenvalue weighted by Gasteiger charge is 2.38. The number of thiophene rings is 1. The standard InChI is InChI=1S/C22H26N2O4S/c1-27-14-21(26)24(16-5-6-16)13-20(25)23-11-9-19-18(10-12-29-19)22(23)15-3-7-17(28-2)8-4-15/h3-4,7-8,10,12,16,22H,5-6,9,11,13-14H2,1-2H3. The summed E-state index contributed by atoms with van der Waals surface area (Å²) in [5.74, 6) is 0.662. The van der Waals surface area contributed by atoms with Gasteiger partial charge in [0.2, 0.25) is 11.8 Å². The van der Waals surface area contributed by atoms with Gasteiger partial charge in [0.25, 0.3) is 0 Å². The van der Waals surface area contributed by atoms with Crippen molar-refractivity contribution < 1.29 is 19.1 Å². The highest BCUT2D eigenvalue weighted by Crippen LogP contribution is 2.38. The number of hydrogen-bond acceptors (Lipinski definition) is 5. The minimum atomic E-state index is -0.137. The third-order valence-electron chi connectivity index (χ3n) is 5.60. The number of carbonyl (C=O) groups excluding carboxylic acids is 2. The summed E-state index contributed by atoms with van der Waals surface area (Å²) in [5, 5.41) is 2.09. The maximum atomic E-state index is 13.4. The molecule has 1 aliphatic carbocycles. The molecule has 2 aromatic rings. The maximum Gasteiger partial charge on any atom is 0.249 e. The van der Waals surface area contributed by atoms with Crippen molar-refractivity contribution in [3.63, 3.8) is 0 Å². The molecule has 0 radical (unpaired) electrons. The van der Waals surface area contributed by atoms with Gasteiger partial charge in [0.1, 0.15) is 18.9 Å². The van der Waals surface area contributed by atoms with Crippen LogP contribution in [-0.4, -0.2) is 61.6 Å². The molecule has 1 aromatic heterocycles. The number of fused-ring (bicyclic) bond motifs is 1. The molecule has 1 unspecified atom stereocenters. The zero-order valence-corrected chi connectivity index (χ0v) is 17.6. The fraction of sp³-hybridized carbons (Fsp3) is 0.455. The smallest absolute Gasteiger partial charge is 0.249 e. The first kappa shape index (κ1) is 19.9. The number of ether oxygens (including phenoxy) is 2. The first-order chi connectivity index (χ1) is 14.1. The molecule has 0 saturated heterocycles. The number of hydrogen-bond donors (Lipinski definition) is 0. The molecule has 1 aromatic carbocycles. The molecule has 7 heteroatoms. The predicted molar refractivity (Wildman–Crippen MR) is 111 cm³/mol. The molecular formula is C22H26N2O4S. The van der Waals surface area contributed by atoms with Gasteiger partial charge in [0.05, 0.1) is 13.2 Å². The molecule has 4 rings (SSSR count). The summed E-state index contributed by atoms with van der Waals surface area (Å²) in [6.45, 7) is 0.777. The third kappa shape index (κ3) is 4.16. The van der Waals surface area contributed by atoms with Crippen molar-refractivity contribution in [2.24, 2.45) is 0 Å². The fourth-order valence-electron chi connectivity index (χ4n) is 3.98. The molecule has 1 aliphatic heterocycles. The van der Waals surface area contributed by atoms with Crippen molar-refractivity contribution in [2.75, 3.05) is 33.9 Å². The second-order valence-electron chi connectivity index (χ2n) is 7.50. The van der Waals surface area contributed by atoms with Crippen molar-refractivity contribution in [3.8, 4) is 5.75 Å². The van der Waals surface area contributed by atoms with Gasteiger partial charge in [0, 0.05) is 24.6 Å². The van der Waals surface area contributed by atoms with Crippen molar-refractivity contribution >= 4 is 23.2 Å². The van der Waals surface area contributed by atoms with Crippen LogP contribution in [0.25, 0.3) is 0 Å². The van der Waals surface area contributed by atoms with Crippen LogP contribution in [0.5, 0.6) is 5.75 Å². The second kappa shape index (κ2) is 8.55. The largest absolute Gasteiger partial charge is 0.497 e. The van der Waals surface area contributed by atoms with Gasteiger partial charge in [-0.1, -0.05) is 12.1 Å². The molecule has 0 spiro atoms. The molecule has 2 amide bonds. The number of amides is 2. The van der Waals surface area contributed by atoms with Crippen LogP contribution in [0.2, 0.25) is 0 Å². The normalized spacial score (nSPS) is 18.3. The quantitative estimate of drug-likeness (QED) is 0.699. The van der Waals surface area contributed by atoms with Crippen molar-refractivity contribution in [1.29, 1.82) is 0 Å². The van der Waals surface area contributed by atoms with Crippen LogP contribution in [0.4, 0.5) is 0 Å². The van der Waals surface area contributed by atoms with E-state index in [1.807, 2.05) is 29.2 Å². The Hall–Kier alpha value is -2.38. The summed E-state index contributed by atoms with van der Waals surface area (Å²) >= 11 is 1.74. The van der Waals surface area contributed by atoms with Crippen molar-refractivity contribution in [1.82, 2.24) is 9.80 Å². The molecule has 0 bridgehead atoms. The Kier molecular flexibility index (Phi) is 5.87. The third-order valence-corrected chi connectivity index (χ3v) is 6.60. The van der Waals surface area contributed by atoms with E-state index in [4.69, 9.17) is 9.47 Å². The first-order valence-corrected chi connectivity index (χ1v) is 10.8. The van der Waals surface area contributed by atoms with Gasteiger partial charge in [-0.2, -0.15) is 0 Å². The number of methoxy groups -OCH3 is 2. The van der Waals surface area contributed by atoms with Gasteiger partial charge in [-0.3, -0.25) is 9.59 Å². The van der Waals surface area contributed by atoms with Gasteiger partial charge in [-0.25, -0.2) is 0 Å². The monoisotopic (exact) mass is 414 g/mol. The molecular weight excluding hydrogens is 388 g/mol. The second-order valence-corrected chi connectivity index (χ2v) is 8.50. The zero-order chi connectivity index (χ0) is 20.4. The Morgan fingerprint density at radius 2 is 1.93 bits per heavy atom. The van der Waals surface area contributed by atoms with E-state index in [1.165, 1.54) is 17.6 Å². The minimum Gasteiger partial charge on any atom is -0.497 e. The van der Waals surface area contributed by atoms with Crippen molar-refractivity contribution in [3.05, 3.63) is 51.7 Å². The lowest BCUT2D eigenvalue weighted by molar-refractivity contribution is -0.144. The molecule has 6 nitrogen and oxygen atoms in total. The Bertz CT molecular complexity index is 875. The zero-order valence-electron chi connectivity index (χ0n) is 16.8. The first-order valence-electron chi connectivity index (χ1n) is 9.90. The summed E-state index contributed by atoms with van der Waals surface area (Å²) in [7, 11) is 3.15. The molecule has 154 valence electrons. The summed E-state index contributed by atoms with van der Waals surface area (Å²) in [4.78, 5) is 30.7. The minimum absolute atomic E-state index is 0.0143. The fourth-order valence-corrected chi connectivity index (χ4v) is 4.88.